The third kappa shape index (κ3) is 2.71. The van der Waals surface area contributed by atoms with Crippen LogP contribution in [0.3, 0.4) is 0 Å². The van der Waals surface area contributed by atoms with Crippen LogP contribution in [0, 0.1) is 12.9 Å². The van der Waals surface area contributed by atoms with Gasteiger partial charge in [-0.3, -0.25) is 0 Å². The summed E-state index contributed by atoms with van der Waals surface area (Å²) >= 11 is 6.02. The molecule has 0 spiro atoms. The number of benzene rings is 1. The number of halogens is 2. The number of nitrogens with one attached hydrogen (secondary N) is 1. The van der Waals surface area contributed by atoms with E-state index in [-0.39, 0.29) is 0 Å². The first-order valence-electron chi connectivity index (χ1n) is 5.33. The summed E-state index contributed by atoms with van der Waals surface area (Å²) in [5.74, 6) is 0.0625. The Morgan fingerprint density at radius 1 is 1.33 bits per heavy atom. The van der Waals surface area contributed by atoms with Gasteiger partial charge in [0.1, 0.15) is 5.75 Å². The first kappa shape index (κ1) is 12.6. The number of hydrogen-bond acceptors (Lipinski definition) is 3. The van der Waals surface area contributed by atoms with Gasteiger partial charge in [-0.25, -0.2) is 4.98 Å². The van der Waals surface area contributed by atoms with Gasteiger partial charge in [0, 0.05) is 29.0 Å². The Labute approximate surface area is 110 Å². The van der Waals surface area contributed by atoms with Crippen molar-refractivity contribution in [1.29, 1.82) is 0 Å². The van der Waals surface area contributed by atoms with E-state index in [1.54, 1.807) is 19.2 Å². The van der Waals surface area contributed by atoms with E-state index in [1.807, 2.05) is 13.0 Å². The van der Waals surface area contributed by atoms with Crippen molar-refractivity contribution in [3.8, 4) is 5.75 Å². The predicted molar refractivity (Wildman–Crippen MR) is 70.2 cm³/mol. The van der Waals surface area contributed by atoms with Gasteiger partial charge in [-0.1, -0.05) is 11.6 Å². The van der Waals surface area contributed by atoms with E-state index < -0.39 is 5.95 Å². The van der Waals surface area contributed by atoms with Gasteiger partial charge in [0.2, 0.25) is 5.95 Å². The molecule has 0 saturated heterocycles. The number of anilines is 2. The van der Waals surface area contributed by atoms with Crippen molar-refractivity contribution in [1.82, 2.24) is 4.98 Å². The number of aryl methyl sites for hydroxylation is 1. The summed E-state index contributed by atoms with van der Waals surface area (Å²) in [5, 5.41) is 3.69. The summed E-state index contributed by atoms with van der Waals surface area (Å²) in [4.78, 5) is 3.50. The molecule has 1 N–H and O–H groups in total. The SMILES string of the molecule is COc1cc(Cl)c(C)cc1Nc1ccnc(F)c1. The van der Waals surface area contributed by atoms with Crippen LogP contribution >= 0.6 is 11.6 Å². The molecular formula is C13H12ClFN2O. The van der Waals surface area contributed by atoms with E-state index in [0.29, 0.717) is 16.5 Å². The zero-order valence-corrected chi connectivity index (χ0v) is 10.8. The highest BCUT2D eigenvalue weighted by atomic mass is 35.5. The van der Waals surface area contributed by atoms with Gasteiger partial charge in [-0.05, 0) is 24.6 Å². The van der Waals surface area contributed by atoms with E-state index in [4.69, 9.17) is 16.3 Å². The summed E-state index contributed by atoms with van der Waals surface area (Å²) < 4.78 is 18.2. The number of nitrogens with zero attached hydrogens (tertiary/aromatic N) is 1. The highest BCUT2D eigenvalue weighted by molar-refractivity contribution is 6.31. The summed E-state index contributed by atoms with van der Waals surface area (Å²) in [6, 6.07) is 6.55. The third-order valence-electron chi connectivity index (χ3n) is 2.49. The Kier molecular flexibility index (Phi) is 3.67. The first-order chi connectivity index (χ1) is 8.60. The summed E-state index contributed by atoms with van der Waals surface area (Å²) in [6.07, 6.45) is 1.40. The van der Waals surface area contributed by atoms with Crippen LogP contribution in [0.2, 0.25) is 5.02 Å². The van der Waals surface area contributed by atoms with Crippen molar-refractivity contribution in [2.45, 2.75) is 6.92 Å². The maximum atomic E-state index is 13.0. The second kappa shape index (κ2) is 5.23. The molecule has 0 radical (unpaired) electrons. The van der Waals surface area contributed by atoms with Gasteiger partial charge in [-0.2, -0.15) is 4.39 Å². The molecule has 0 aliphatic heterocycles. The monoisotopic (exact) mass is 266 g/mol. The van der Waals surface area contributed by atoms with Gasteiger partial charge in [-0.15, -0.1) is 0 Å². The third-order valence-corrected chi connectivity index (χ3v) is 2.89. The van der Waals surface area contributed by atoms with Crippen molar-refractivity contribution in [3.63, 3.8) is 0 Å². The van der Waals surface area contributed by atoms with E-state index in [9.17, 15) is 4.39 Å². The lowest BCUT2D eigenvalue weighted by Gasteiger charge is -2.13. The number of hydrogen-bond donors (Lipinski definition) is 1. The molecule has 94 valence electrons. The molecule has 3 nitrogen and oxygen atoms in total. The maximum absolute atomic E-state index is 13.0. The van der Waals surface area contributed by atoms with Crippen LogP contribution in [0.5, 0.6) is 5.75 Å². The molecule has 5 heteroatoms. The van der Waals surface area contributed by atoms with Crippen LogP contribution in [0.25, 0.3) is 0 Å². The van der Waals surface area contributed by atoms with E-state index in [2.05, 4.69) is 10.3 Å². The van der Waals surface area contributed by atoms with Crippen molar-refractivity contribution in [2.24, 2.45) is 0 Å². The minimum Gasteiger partial charge on any atom is -0.495 e. The molecule has 2 aromatic rings. The number of pyridine rings is 1. The summed E-state index contributed by atoms with van der Waals surface area (Å²) in [6.45, 7) is 1.89. The fraction of sp³-hybridized carbons (Fsp3) is 0.154. The molecule has 1 aromatic heterocycles. The Morgan fingerprint density at radius 3 is 2.78 bits per heavy atom. The largest absolute Gasteiger partial charge is 0.495 e. The van der Waals surface area contributed by atoms with Crippen LogP contribution in [-0.4, -0.2) is 12.1 Å². The van der Waals surface area contributed by atoms with Gasteiger partial charge < -0.3 is 10.1 Å². The van der Waals surface area contributed by atoms with Crippen molar-refractivity contribution in [2.75, 3.05) is 12.4 Å². The predicted octanol–water partition coefficient (Wildman–Crippen LogP) is 3.93. The Morgan fingerprint density at radius 2 is 2.11 bits per heavy atom. The molecular weight excluding hydrogens is 255 g/mol. The molecule has 0 bridgehead atoms. The maximum Gasteiger partial charge on any atom is 0.214 e. The highest BCUT2D eigenvalue weighted by Gasteiger charge is 2.07. The van der Waals surface area contributed by atoms with Gasteiger partial charge >= 0.3 is 0 Å². The normalized spacial score (nSPS) is 10.2. The van der Waals surface area contributed by atoms with E-state index >= 15 is 0 Å². The summed E-state index contributed by atoms with van der Waals surface area (Å²) in [7, 11) is 1.55. The molecule has 0 aliphatic rings. The first-order valence-corrected chi connectivity index (χ1v) is 5.70. The minimum absolute atomic E-state index is 0.537. The minimum atomic E-state index is -0.537. The van der Waals surface area contributed by atoms with Crippen molar-refractivity contribution < 1.29 is 9.13 Å². The summed E-state index contributed by atoms with van der Waals surface area (Å²) in [5.41, 5.74) is 2.24. The molecule has 0 aliphatic carbocycles. The van der Waals surface area contributed by atoms with Crippen LogP contribution in [-0.2, 0) is 0 Å². The molecule has 0 unspecified atom stereocenters. The van der Waals surface area contributed by atoms with Gasteiger partial charge in [0.25, 0.3) is 0 Å². The fourth-order valence-corrected chi connectivity index (χ4v) is 1.72. The highest BCUT2D eigenvalue weighted by Crippen LogP contribution is 2.32. The second-order valence-electron chi connectivity index (χ2n) is 3.79. The molecule has 0 amide bonds. The quantitative estimate of drug-likeness (QED) is 0.855. The van der Waals surface area contributed by atoms with Crippen LogP contribution in [0.4, 0.5) is 15.8 Å². The van der Waals surface area contributed by atoms with Crippen LogP contribution in [0.1, 0.15) is 5.56 Å². The molecule has 1 aromatic carbocycles. The van der Waals surface area contributed by atoms with Gasteiger partial charge in [0.15, 0.2) is 0 Å². The van der Waals surface area contributed by atoms with Crippen molar-refractivity contribution >= 4 is 23.0 Å². The van der Waals surface area contributed by atoms with Crippen LogP contribution in [0.15, 0.2) is 30.5 Å². The molecule has 18 heavy (non-hydrogen) atoms. The molecule has 0 saturated carbocycles. The number of ether oxygens (including phenoxy) is 1. The lowest BCUT2D eigenvalue weighted by atomic mass is 10.2. The van der Waals surface area contributed by atoms with E-state index in [1.165, 1.54) is 12.3 Å². The smallest absolute Gasteiger partial charge is 0.214 e. The van der Waals surface area contributed by atoms with Crippen molar-refractivity contribution in [3.05, 3.63) is 47.0 Å². The Balaban J connectivity index is 2.36. The standard InChI is InChI=1S/C13H12ClFN2O/c1-8-5-11(12(18-2)7-10(8)14)17-9-3-4-16-13(15)6-9/h3-7H,1-2H3,(H,16,17). The zero-order chi connectivity index (χ0) is 13.1. The van der Waals surface area contributed by atoms with E-state index in [0.717, 1.165) is 11.3 Å². The van der Waals surface area contributed by atoms with Crippen LogP contribution < -0.4 is 10.1 Å². The number of aromatic nitrogens is 1. The Bertz CT molecular complexity index is 575. The zero-order valence-electron chi connectivity index (χ0n) is 10.00. The topological polar surface area (TPSA) is 34.1 Å². The second-order valence-corrected chi connectivity index (χ2v) is 4.20. The molecule has 2 rings (SSSR count). The molecule has 0 fully saturated rings. The lowest BCUT2D eigenvalue weighted by molar-refractivity contribution is 0.417. The van der Waals surface area contributed by atoms with Gasteiger partial charge in [0.05, 0.1) is 12.8 Å². The number of methoxy groups -OCH3 is 1. The Hall–Kier alpha value is -1.81. The average Bonchev–Trinajstić information content (AvgIpc) is 2.33. The lowest BCUT2D eigenvalue weighted by Crippen LogP contribution is -1.96. The average molecular weight is 267 g/mol. The fourth-order valence-electron chi connectivity index (χ4n) is 1.57. The molecule has 1 heterocycles. The molecule has 0 atom stereocenters. The number of rotatable bonds is 3.